The minimum atomic E-state index is -5.08. The molecule has 3 amide bonds. The van der Waals surface area contributed by atoms with Crippen molar-refractivity contribution in [2.24, 2.45) is 5.16 Å². The van der Waals surface area contributed by atoms with Crippen LogP contribution in [0.15, 0.2) is 46.3 Å². The molecule has 2 aromatic rings. The molecule has 17 nitrogen and oxygen atoms in total. The van der Waals surface area contributed by atoms with Gasteiger partial charge in [0.05, 0.1) is 17.2 Å². The molecule has 300 valence electrons. The van der Waals surface area contributed by atoms with Crippen molar-refractivity contribution in [1.29, 1.82) is 0 Å². The van der Waals surface area contributed by atoms with E-state index < -0.39 is 58.6 Å². The molecule has 55 heavy (non-hydrogen) atoms. The van der Waals surface area contributed by atoms with Gasteiger partial charge >= 0.3 is 18.1 Å². The van der Waals surface area contributed by atoms with E-state index in [-0.39, 0.29) is 34.7 Å². The van der Waals surface area contributed by atoms with Crippen LogP contribution in [0.2, 0.25) is 0 Å². The number of amides is 3. The molecule has 2 aliphatic rings. The topological polar surface area (TPSA) is 258 Å². The van der Waals surface area contributed by atoms with Crippen molar-refractivity contribution in [2.45, 2.75) is 89.0 Å². The van der Waals surface area contributed by atoms with Gasteiger partial charge in [-0.3, -0.25) is 19.3 Å². The summed E-state index contributed by atoms with van der Waals surface area (Å²) in [5.41, 5.74) is 4.13. The number of nitrogen functional groups attached to an aromatic ring is 1. The Morgan fingerprint density at radius 1 is 1.09 bits per heavy atom. The Kier molecular flexibility index (Phi) is 15.5. The number of rotatable bonds is 17. The number of halogens is 3. The van der Waals surface area contributed by atoms with Gasteiger partial charge in [-0.15, -0.1) is 23.1 Å². The molecular formula is C33H40F3N7O10S2. The number of fused-ring (bicyclic) bond motifs is 1. The maximum atomic E-state index is 13.3. The largest absolute Gasteiger partial charge is 0.543 e. The van der Waals surface area contributed by atoms with Gasteiger partial charge in [-0.25, -0.2) is 19.1 Å². The Labute approximate surface area is 320 Å². The normalized spacial score (nSPS) is 16.9. The van der Waals surface area contributed by atoms with Crippen molar-refractivity contribution in [3.05, 3.63) is 52.4 Å². The minimum absolute atomic E-state index is 0.00653. The van der Waals surface area contributed by atoms with Crippen LogP contribution in [0.3, 0.4) is 0 Å². The third kappa shape index (κ3) is 12.1. The zero-order valence-electron chi connectivity index (χ0n) is 29.9. The molecule has 2 aromatic heterocycles. The number of carboxylic acids is 3. The Bertz CT molecular complexity index is 1820. The van der Waals surface area contributed by atoms with Crippen molar-refractivity contribution >= 4 is 69.6 Å². The van der Waals surface area contributed by atoms with Gasteiger partial charge in [0.25, 0.3) is 17.7 Å². The van der Waals surface area contributed by atoms with Gasteiger partial charge in [0.2, 0.25) is 5.60 Å². The quantitative estimate of drug-likeness (QED) is 0.0499. The van der Waals surface area contributed by atoms with Crippen LogP contribution in [0.25, 0.3) is 0 Å². The minimum Gasteiger partial charge on any atom is -0.543 e. The number of carbonyl (C=O) groups is 6. The standard InChI is InChI=1S/C31H39N7O8S2.C2HF3O2/c1-4-5-6-7-8-9-12-33-24(39)18-10-13-37(14-11-18)15-19-16-47-27-22(26(41)38(27)23(19)28(42)43)35-25(40)21(20-17-48-30(32)34-20)36-46-31(2,3)29(44)45;3-2(4,5)1(6)7/h10-11,13-14,17,22,27H,4-9,12,15-16H2,1-3H3,(H5-,32,33,34,35,39,40,42,43,44,45);(H,6,7)/b36-21-;/t22-,27-;/m1./s1. The second-order valence-electron chi connectivity index (χ2n) is 12.6. The van der Waals surface area contributed by atoms with Crippen LogP contribution in [0.1, 0.15) is 75.3 Å². The highest BCUT2D eigenvalue weighted by molar-refractivity contribution is 8.00. The molecule has 0 saturated carbocycles. The molecule has 2 aliphatic heterocycles. The van der Waals surface area contributed by atoms with Crippen molar-refractivity contribution in [2.75, 3.05) is 18.0 Å². The molecule has 2 atom stereocenters. The number of pyridine rings is 1. The van der Waals surface area contributed by atoms with Gasteiger partial charge in [0.1, 0.15) is 17.1 Å². The number of nitrogens with zero attached hydrogens (tertiary/aromatic N) is 4. The number of nitrogens with one attached hydrogen (secondary N) is 2. The number of nitrogens with two attached hydrogens (primary N) is 1. The van der Waals surface area contributed by atoms with Crippen molar-refractivity contribution in [1.82, 2.24) is 20.5 Å². The van der Waals surface area contributed by atoms with Gasteiger partial charge in [0, 0.05) is 35.4 Å². The first-order valence-electron chi connectivity index (χ1n) is 16.8. The molecule has 0 spiro atoms. The lowest BCUT2D eigenvalue weighted by Gasteiger charge is -2.50. The fraction of sp³-hybridized carbons (Fsp3) is 0.485. The molecular weight excluding hydrogens is 776 g/mol. The maximum absolute atomic E-state index is 13.3. The summed E-state index contributed by atoms with van der Waals surface area (Å²) in [4.78, 5) is 81.9. The van der Waals surface area contributed by atoms with Crippen LogP contribution < -0.4 is 26.0 Å². The molecule has 0 aliphatic carbocycles. The Morgan fingerprint density at radius 2 is 1.71 bits per heavy atom. The summed E-state index contributed by atoms with van der Waals surface area (Å²) >= 11 is 2.27. The third-order valence-corrected chi connectivity index (χ3v) is 9.99. The number of carbonyl (C=O) groups excluding carboxylic acids is 4. The summed E-state index contributed by atoms with van der Waals surface area (Å²) in [7, 11) is 0. The van der Waals surface area contributed by atoms with E-state index in [1.165, 1.54) is 50.3 Å². The zero-order chi connectivity index (χ0) is 41.1. The number of aliphatic carboxylic acids is 3. The summed E-state index contributed by atoms with van der Waals surface area (Å²) in [6.07, 6.45) is 4.98. The van der Waals surface area contributed by atoms with Crippen LogP contribution in [0.4, 0.5) is 18.3 Å². The fourth-order valence-electron chi connectivity index (χ4n) is 4.95. The molecule has 0 aromatic carbocycles. The number of alkyl halides is 3. The fourth-order valence-corrected chi connectivity index (χ4v) is 6.83. The number of β-lactam (4-membered cyclic amide) rings is 1. The van der Waals surface area contributed by atoms with E-state index in [4.69, 9.17) is 20.5 Å². The van der Waals surface area contributed by atoms with Crippen LogP contribution in [-0.2, 0) is 35.4 Å². The Balaban J connectivity index is 0.00000106. The number of thioether (sulfide) groups is 1. The summed E-state index contributed by atoms with van der Waals surface area (Å²) in [6, 6.07) is 2.17. The van der Waals surface area contributed by atoms with E-state index in [1.807, 2.05) is 0 Å². The number of thiazole rings is 1. The monoisotopic (exact) mass is 815 g/mol. The second-order valence-corrected chi connectivity index (χ2v) is 14.6. The second kappa shape index (κ2) is 19.4. The number of hydrogen-bond acceptors (Lipinski definition) is 13. The average molecular weight is 816 g/mol. The number of anilines is 1. The molecule has 4 rings (SSSR count). The highest BCUT2D eigenvalue weighted by atomic mass is 32.2. The molecule has 0 radical (unpaired) electrons. The predicted octanol–water partition coefficient (Wildman–Crippen LogP) is 1.42. The molecule has 6 N–H and O–H groups in total. The summed E-state index contributed by atoms with van der Waals surface area (Å²) < 4.78 is 33.4. The van der Waals surface area contributed by atoms with Gasteiger partial charge in [0.15, 0.2) is 29.8 Å². The smallest absolute Gasteiger partial charge is 0.490 e. The zero-order valence-corrected chi connectivity index (χ0v) is 31.5. The average Bonchev–Trinajstić information content (AvgIpc) is 3.55. The molecule has 22 heteroatoms. The first kappa shape index (κ1) is 44.1. The van der Waals surface area contributed by atoms with E-state index in [9.17, 15) is 47.4 Å². The predicted molar refractivity (Wildman–Crippen MR) is 189 cm³/mol. The number of unbranched alkanes of at least 4 members (excludes halogenated alkanes) is 5. The highest BCUT2D eigenvalue weighted by Gasteiger charge is 2.53. The van der Waals surface area contributed by atoms with E-state index >= 15 is 0 Å². The number of aromatic nitrogens is 2. The van der Waals surface area contributed by atoms with Gasteiger partial charge in [-0.1, -0.05) is 44.2 Å². The number of oxime groups is 1. The lowest BCUT2D eigenvalue weighted by molar-refractivity contribution is -0.689. The van der Waals surface area contributed by atoms with Crippen molar-refractivity contribution < 1.29 is 66.7 Å². The first-order valence-corrected chi connectivity index (χ1v) is 18.7. The first-order chi connectivity index (χ1) is 25.8. The molecule has 4 heterocycles. The van der Waals surface area contributed by atoms with E-state index in [1.54, 1.807) is 29.1 Å². The molecule has 0 unspecified atom stereocenters. The van der Waals surface area contributed by atoms with Crippen LogP contribution in [-0.4, -0.2) is 96.9 Å². The number of carboxylic acid groups (broad SMARTS) is 3. The summed E-state index contributed by atoms with van der Waals surface area (Å²) in [6.45, 7) is 5.37. The highest BCUT2D eigenvalue weighted by Crippen LogP contribution is 2.40. The van der Waals surface area contributed by atoms with Gasteiger partial charge in [-0.05, 0) is 20.3 Å². The lowest BCUT2D eigenvalue weighted by atomic mass is 10.0. The van der Waals surface area contributed by atoms with Crippen LogP contribution in [0, 0.1) is 0 Å². The van der Waals surface area contributed by atoms with Gasteiger partial charge < -0.3 is 41.3 Å². The van der Waals surface area contributed by atoms with Crippen molar-refractivity contribution in [3.8, 4) is 0 Å². The SMILES string of the molecule is CCCCCCCCNC(=O)c1cc[n+](CC2=C(C(=O)[O-])N3C(=O)[C@@H](NC(=O)/C(=N\OC(C)(C)C(=O)O)c4csc(N)n4)[C@H]3SC2)cc1.O=C(O)C(F)(F)F. The van der Waals surface area contributed by atoms with Crippen molar-refractivity contribution in [3.63, 3.8) is 0 Å². The lowest BCUT2D eigenvalue weighted by Crippen LogP contribution is -2.71. The molecule has 1 saturated heterocycles. The summed E-state index contributed by atoms with van der Waals surface area (Å²) in [5, 5.41) is 38.7. The van der Waals surface area contributed by atoms with Crippen LogP contribution in [0.5, 0.6) is 0 Å². The van der Waals surface area contributed by atoms with E-state index in [2.05, 4.69) is 27.7 Å². The number of hydrogen-bond donors (Lipinski definition) is 5. The van der Waals surface area contributed by atoms with E-state index in [0.717, 1.165) is 35.5 Å². The summed E-state index contributed by atoms with van der Waals surface area (Å²) in [5.74, 6) is -7.17. The Hall–Kier alpha value is -5.25. The van der Waals surface area contributed by atoms with Gasteiger partial charge in [-0.2, -0.15) is 13.2 Å². The Morgan fingerprint density at radius 3 is 2.25 bits per heavy atom. The molecule has 0 bridgehead atoms. The van der Waals surface area contributed by atoms with Crippen LogP contribution >= 0.6 is 23.1 Å². The maximum Gasteiger partial charge on any atom is 0.490 e. The third-order valence-electron chi connectivity index (χ3n) is 7.97. The molecule has 1 fully saturated rings. The van der Waals surface area contributed by atoms with E-state index in [0.29, 0.717) is 17.7 Å².